The molecule has 0 saturated carbocycles. The molecule has 1 fully saturated rings. The average molecular weight is 516 g/mol. The standard InChI is InChI=1S/C15H19I2NO3/c1-15(2,10-3-5-18-6-4-10)21-14(20)9-7-11(16)13(19)12(17)8-9/h7-8,10,18-19H,3-6H2,1-2H3/p+1. The molecule has 116 valence electrons. The van der Waals surface area contributed by atoms with Crippen molar-refractivity contribution in [2.75, 3.05) is 13.1 Å². The molecule has 0 bridgehead atoms. The zero-order valence-corrected chi connectivity index (χ0v) is 16.5. The van der Waals surface area contributed by atoms with Gasteiger partial charge in [0.15, 0.2) is 0 Å². The maximum Gasteiger partial charge on any atom is 0.338 e. The van der Waals surface area contributed by atoms with Gasteiger partial charge in [-0.15, -0.1) is 0 Å². The molecule has 1 heterocycles. The number of phenols is 1. The first-order valence-corrected chi connectivity index (χ1v) is 9.20. The molecule has 0 atom stereocenters. The molecule has 2 rings (SSSR count). The van der Waals surface area contributed by atoms with Crippen LogP contribution in [0, 0.1) is 13.1 Å². The summed E-state index contributed by atoms with van der Waals surface area (Å²) >= 11 is 4.05. The summed E-state index contributed by atoms with van der Waals surface area (Å²) in [5.41, 5.74) is 0.0390. The molecule has 21 heavy (non-hydrogen) atoms. The second-order valence-corrected chi connectivity index (χ2v) is 8.25. The van der Waals surface area contributed by atoms with Crippen molar-refractivity contribution in [3.05, 3.63) is 24.8 Å². The van der Waals surface area contributed by atoms with Gasteiger partial charge in [0.05, 0.1) is 25.8 Å². The van der Waals surface area contributed by atoms with E-state index in [0.29, 0.717) is 18.6 Å². The lowest BCUT2D eigenvalue weighted by molar-refractivity contribution is -0.665. The molecule has 3 N–H and O–H groups in total. The van der Waals surface area contributed by atoms with E-state index >= 15 is 0 Å². The summed E-state index contributed by atoms with van der Waals surface area (Å²) in [5, 5.41) is 12.1. The van der Waals surface area contributed by atoms with Crippen LogP contribution in [0.15, 0.2) is 12.1 Å². The number of carbonyl (C=O) groups excluding carboxylic acids is 1. The fraction of sp³-hybridized carbons (Fsp3) is 0.533. The predicted octanol–water partition coefficient (Wildman–Crippen LogP) is 2.51. The van der Waals surface area contributed by atoms with Crippen molar-refractivity contribution < 1.29 is 20.0 Å². The summed E-state index contributed by atoms with van der Waals surface area (Å²) in [4.78, 5) is 12.4. The highest BCUT2D eigenvalue weighted by molar-refractivity contribution is 14.1. The Morgan fingerprint density at radius 2 is 1.81 bits per heavy atom. The quantitative estimate of drug-likeness (QED) is 0.480. The summed E-state index contributed by atoms with van der Waals surface area (Å²) in [5.74, 6) is 0.307. The third-order valence-corrected chi connectivity index (χ3v) is 5.67. The van der Waals surface area contributed by atoms with Gasteiger partial charge in [0.25, 0.3) is 0 Å². The lowest BCUT2D eigenvalue weighted by Crippen LogP contribution is -2.86. The van der Waals surface area contributed by atoms with Gasteiger partial charge in [-0.05, 0) is 71.2 Å². The summed E-state index contributed by atoms with van der Waals surface area (Å²) in [6.45, 7) is 6.19. The van der Waals surface area contributed by atoms with E-state index in [9.17, 15) is 9.90 Å². The Morgan fingerprint density at radius 1 is 1.29 bits per heavy atom. The first kappa shape index (κ1) is 17.3. The largest absolute Gasteiger partial charge is 0.506 e. The van der Waals surface area contributed by atoms with Crippen molar-refractivity contribution in [3.8, 4) is 5.75 Å². The zero-order valence-electron chi connectivity index (χ0n) is 12.2. The van der Waals surface area contributed by atoms with Gasteiger partial charge in [-0.2, -0.15) is 0 Å². The molecule has 0 unspecified atom stereocenters. The van der Waals surface area contributed by atoms with Gasteiger partial charge in [-0.3, -0.25) is 0 Å². The summed E-state index contributed by atoms with van der Waals surface area (Å²) in [7, 11) is 0. The van der Waals surface area contributed by atoms with Crippen LogP contribution in [-0.4, -0.2) is 29.8 Å². The number of halogens is 2. The lowest BCUT2D eigenvalue weighted by atomic mass is 9.83. The van der Waals surface area contributed by atoms with Crippen LogP contribution in [0.5, 0.6) is 5.75 Å². The van der Waals surface area contributed by atoms with Crippen LogP contribution in [0.25, 0.3) is 0 Å². The average Bonchev–Trinajstić information content (AvgIpc) is 2.44. The van der Waals surface area contributed by atoms with Gasteiger partial charge in [0.1, 0.15) is 11.4 Å². The Kier molecular flexibility index (Phi) is 5.75. The molecule has 1 aliphatic heterocycles. The van der Waals surface area contributed by atoms with E-state index in [2.05, 4.69) is 5.32 Å². The van der Waals surface area contributed by atoms with Crippen LogP contribution in [0.4, 0.5) is 0 Å². The van der Waals surface area contributed by atoms with Crippen LogP contribution in [0.1, 0.15) is 37.0 Å². The second kappa shape index (κ2) is 6.99. The molecule has 6 heteroatoms. The van der Waals surface area contributed by atoms with E-state index in [1.165, 1.54) is 0 Å². The maximum atomic E-state index is 12.4. The molecular weight excluding hydrogens is 496 g/mol. The molecule has 0 spiro atoms. The minimum absolute atomic E-state index is 0.217. The SMILES string of the molecule is CC(C)(OC(=O)c1cc(I)c(O)c(I)c1)C1CC[NH2+]CC1. The van der Waals surface area contributed by atoms with Crippen LogP contribution in [-0.2, 0) is 4.74 Å². The number of hydrogen-bond donors (Lipinski definition) is 2. The molecule has 0 aromatic heterocycles. The smallest absolute Gasteiger partial charge is 0.338 e. The number of quaternary nitrogens is 1. The Morgan fingerprint density at radius 3 is 2.33 bits per heavy atom. The third kappa shape index (κ3) is 4.22. The first-order valence-electron chi connectivity index (χ1n) is 7.04. The third-order valence-electron chi connectivity index (χ3n) is 4.03. The van der Waals surface area contributed by atoms with E-state index in [-0.39, 0.29) is 11.7 Å². The topological polar surface area (TPSA) is 63.1 Å². The number of aromatic hydroxyl groups is 1. The van der Waals surface area contributed by atoms with E-state index in [0.717, 1.165) is 25.9 Å². The number of piperidine rings is 1. The Bertz CT molecular complexity index is 517. The van der Waals surface area contributed by atoms with E-state index in [1.807, 2.05) is 59.0 Å². The number of carbonyl (C=O) groups is 1. The molecule has 0 amide bonds. The van der Waals surface area contributed by atoms with Gasteiger partial charge < -0.3 is 15.2 Å². The Labute approximate surface area is 152 Å². The predicted molar refractivity (Wildman–Crippen MR) is 97.4 cm³/mol. The number of ether oxygens (including phenoxy) is 1. The molecule has 1 aromatic rings. The summed E-state index contributed by atoms with van der Waals surface area (Å²) in [6.07, 6.45) is 2.15. The second-order valence-electron chi connectivity index (χ2n) is 5.92. The van der Waals surface area contributed by atoms with E-state index < -0.39 is 5.60 Å². The normalized spacial score (nSPS) is 16.8. The molecule has 1 aromatic carbocycles. The van der Waals surface area contributed by atoms with Crippen LogP contribution in [0.2, 0.25) is 0 Å². The Balaban J connectivity index is 2.13. The van der Waals surface area contributed by atoms with E-state index in [4.69, 9.17) is 4.74 Å². The highest BCUT2D eigenvalue weighted by Gasteiger charge is 2.35. The maximum absolute atomic E-state index is 12.4. The highest BCUT2D eigenvalue weighted by atomic mass is 127. The molecule has 1 aliphatic rings. The highest BCUT2D eigenvalue weighted by Crippen LogP contribution is 2.31. The number of nitrogens with two attached hydrogens (primary N) is 1. The zero-order chi connectivity index (χ0) is 15.6. The van der Waals surface area contributed by atoms with Crippen molar-refractivity contribution in [2.45, 2.75) is 32.3 Å². The van der Waals surface area contributed by atoms with Gasteiger partial charge >= 0.3 is 5.97 Å². The fourth-order valence-electron chi connectivity index (χ4n) is 2.69. The van der Waals surface area contributed by atoms with Gasteiger partial charge in [-0.25, -0.2) is 4.79 Å². The summed E-state index contributed by atoms with van der Waals surface area (Å²) in [6, 6.07) is 3.34. The molecular formula is C15H20I2NO3+. The van der Waals surface area contributed by atoms with Crippen molar-refractivity contribution in [1.82, 2.24) is 0 Å². The van der Waals surface area contributed by atoms with Gasteiger partial charge in [0.2, 0.25) is 0 Å². The summed E-state index contributed by atoms with van der Waals surface area (Å²) < 4.78 is 7.10. The number of benzene rings is 1. The molecule has 0 radical (unpaired) electrons. The van der Waals surface area contributed by atoms with Crippen LogP contribution in [0.3, 0.4) is 0 Å². The van der Waals surface area contributed by atoms with E-state index in [1.54, 1.807) is 12.1 Å². The number of hydrogen-bond acceptors (Lipinski definition) is 3. The van der Waals surface area contributed by atoms with Crippen molar-refractivity contribution in [1.29, 1.82) is 0 Å². The minimum Gasteiger partial charge on any atom is -0.506 e. The lowest BCUT2D eigenvalue weighted by Gasteiger charge is -2.35. The first-order chi connectivity index (χ1) is 9.81. The molecule has 0 aliphatic carbocycles. The Hall–Kier alpha value is -0.0900. The van der Waals surface area contributed by atoms with Crippen LogP contribution >= 0.6 is 45.2 Å². The minimum atomic E-state index is -0.458. The van der Waals surface area contributed by atoms with Crippen molar-refractivity contribution in [2.24, 2.45) is 5.92 Å². The number of phenolic OH excluding ortho intramolecular Hbond substituents is 1. The fourth-order valence-corrected chi connectivity index (χ4v) is 4.45. The number of esters is 1. The molecule has 4 nitrogen and oxygen atoms in total. The monoisotopic (exact) mass is 516 g/mol. The van der Waals surface area contributed by atoms with Crippen molar-refractivity contribution in [3.63, 3.8) is 0 Å². The van der Waals surface area contributed by atoms with Gasteiger partial charge in [-0.1, -0.05) is 0 Å². The van der Waals surface area contributed by atoms with Gasteiger partial charge in [0, 0.05) is 18.8 Å². The van der Waals surface area contributed by atoms with Crippen molar-refractivity contribution >= 4 is 51.2 Å². The molecule has 1 saturated heterocycles. The van der Waals surface area contributed by atoms with Crippen LogP contribution < -0.4 is 5.32 Å². The number of rotatable bonds is 3.